The summed E-state index contributed by atoms with van der Waals surface area (Å²) in [6.45, 7) is 4.75. The molecule has 2 rings (SSSR count). The van der Waals surface area contributed by atoms with Gasteiger partial charge < -0.3 is 4.74 Å². The summed E-state index contributed by atoms with van der Waals surface area (Å²) >= 11 is 1.60. The Balaban J connectivity index is 1.97. The summed E-state index contributed by atoms with van der Waals surface area (Å²) in [7, 11) is 1.42. The van der Waals surface area contributed by atoms with Crippen LogP contribution in [0.2, 0.25) is 0 Å². The number of ether oxygens (including phenoxy) is 1. The Labute approximate surface area is 116 Å². The van der Waals surface area contributed by atoms with Crippen LogP contribution in [0.1, 0.15) is 26.0 Å². The monoisotopic (exact) mass is 281 g/mol. The van der Waals surface area contributed by atoms with Crippen LogP contribution in [0.4, 0.5) is 0 Å². The predicted octanol–water partition coefficient (Wildman–Crippen LogP) is 2.07. The maximum absolute atomic E-state index is 11.7. The first-order valence-corrected chi connectivity index (χ1v) is 7.20. The number of nitrogens with zero attached hydrogens (tertiary/aromatic N) is 2. The van der Waals surface area contributed by atoms with Gasteiger partial charge >= 0.3 is 5.97 Å². The molecule has 0 bridgehead atoms. The Kier molecular flexibility index (Phi) is 4.55. The van der Waals surface area contributed by atoms with Crippen LogP contribution in [0.25, 0.3) is 4.96 Å². The van der Waals surface area contributed by atoms with E-state index in [1.807, 2.05) is 22.2 Å². The van der Waals surface area contributed by atoms with E-state index in [-0.39, 0.29) is 12.0 Å². The predicted molar refractivity (Wildman–Crippen MR) is 75.2 cm³/mol. The molecular weight excluding hydrogens is 262 g/mol. The van der Waals surface area contributed by atoms with Crippen molar-refractivity contribution < 1.29 is 9.53 Å². The van der Waals surface area contributed by atoms with E-state index in [9.17, 15) is 4.79 Å². The third-order valence-electron chi connectivity index (χ3n) is 2.87. The number of hydrogen-bond donors (Lipinski definition) is 1. The Morgan fingerprint density at radius 2 is 2.37 bits per heavy atom. The third kappa shape index (κ3) is 3.54. The van der Waals surface area contributed by atoms with Crippen LogP contribution in [0.3, 0.4) is 0 Å². The molecule has 0 saturated heterocycles. The molecule has 2 aromatic rings. The zero-order valence-corrected chi connectivity index (χ0v) is 12.2. The van der Waals surface area contributed by atoms with Crippen LogP contribution in [0, 0.1) is 5.92 Å². The number of hydrogen-bond acceptors (Lipinski definition) is 5. The quantitative estimate of drug-likeness (QED) is 0.824. The number of fused-ring (bicyclic) bond motifs is 1. The van der Waals surface area contributed by atoms with Crippen LogP contribution in [-0.2, 0) is 16.1 Å². The Morgan fingerprint density at radius 1 is 1.58 bits per heavy atom. The molecule has 1 unspecified atom stereocenters. The molecule has 0 aromatic carbocycles. The van der Waals surface area contributed by atoms with Crippen molar-refractivity contribution in [3.05, 3.63) is 23.5 Å². The molecule has 1 atom stereocenters. The van der Waals surface area contributed by atoms with E-state index in [0.29, 0.717) is 12.5 Å². The van der Waals surface area contributed by atoms with Crippen molar-refractivity contribution in [1.29, 1.82) is 0 Å². The number of thiazole rings is 1. The minimum absolute atomic E-state index is 0.213. The van der Waals surface area contributed by atoms with Gasteiger partial charge in [-0.3, -0.25) is 14.5 Å². The van der Waals surface area contributed by atoms with Gasteiger partial charge in [0, 0.05) is 24.3 Å². The summed E-state index contributed by atoms with van der Waals surface area (Å²) in [6, 6.07) is -0.273. The van der Waals surface area contributed by atoms with E-state index in [1.54, 1.807) is 11.3 Å². The van der Waals surface area contributed by atoms with E-state index in [4.69, 9.17) is 4.74 Å². The minimum atomic E-state index is -0.273. The maximum atomic E-state index is 11.7. The van der Waals surface area contributed by atoms with Gasteiger partial charge in [-0.25, -0.2) is 4.98 Å². The van der Waals surface area contributed by atoms with E-state index in [0.717, 1.165) is 17.1 Å². The molecule has 5 nitrogen and oxygen atoms in total. The fourth-order valence-electron chi connectivity index (χ4n) is 1.97. The Hall–Kier alpha value is -1.40. The number of carbonyl (C=O) groups is 1. The highest BCUT2D eigenvalue weighted by Gasteiger charge is 2.20. The van der Waals surface area contributed by atoms with Gasteiger partial charge in [-0.1, -0.05) is 13.8 Å². The molecule has 19 heavy (non-hydrogen) atoms. The lowest BCUT2D eigenvalue weighted by Crippen LogP contribution is -2.38. The highest BCUT2D eigenvalue weighted by molar-refractivity contribution is 7.15. The van der Waals surface area contributed by atoms with Gasteiger partial charge in [0.15, 0.2) is 4.96 Å². The summed E-state index contributed by atoms with van der Waals surface area (Å²) in [6.07, 6.45) is 4.71. The number of carbonyl (C=O) groups excluding carboxylic acids is 1. The van der Waals surface area contributed by atoms with Crippen LogP contribution in [0.15, 0.2) is 17.8 Å². The largest absolute Gasteiger partial charge is 0.468 e. The van der Waals surface area contributed by atoms with Gasteiger partial charge in [-0.2, -0.15) is 0 Å². The average molecular weight is 281 g/mol. The normalized spacial score (nSPS) is 13.1. The van der Waals surface area contributed by atoms with E-state index < -0.39 is 0 Å². The van der Waals surface area contributed by atoms with E-state index >= 15 is 0 Å². The van der Waals surface area contributed by atoms with Crippen molar-refractivity contribution in [2.24, 2.45) is 5.92 Å². The first-order valence-electron chi connectivity index (χ1n) is 6.32. The van der Waals surface area contributed by atoms with Crippen molar-refractivity contribution in [1.82, 2.24) is 14.7 Å². The lowest BCUT2D eigenvalue weighted by atomic mass is 10.0. The molecule has 6 heteroatoms. The van der Waals surface area contributed by atoms with Gasteiger partial charge in [0.25, 0.3) is 0 Å². The molecule has 0 aliphatic heterocycles. The first-order chi connectivity index (χ1) is 9.10. The standard InChI is InChI=1S/C13H19N3O2S/c1-9(2)6-11(12(17)18-3)14-7-10-8-16-4-5-19-13(16)15-10/h4-5,8-9,11,14H,6-7H2,1-3H3. The number of nitrogens with one attached hydrogen (secondary N) is 1. The van der Waals surface area contributed by atoms with Gasteiger partial charge in [0.05, 0.1) is 12.8 Å². The molecule has 0 amide bonds. The number of methoxy groups -OCH3 is 1. The summed E-state index contributed by atoms with van der Waals surface area (Å²) < 4.78 is 6.80. The third-order valence-corrected chi connectivity index (χ3v) is 3.64. The van der Waals surface area contributed by atoms with Gasteiger partial charge in [-0.15, -0.1) is 11.3 Å². The van der Waals surface area contributed by atoms with Crippen LogP contribution >= 0.6 is 11.3 Å². The topological polar surface area (TPSA) is 55.6 Å². The van der Waals surface area contributed by atoms with Crippen molar-refractivity contribution in [3.63, 3.8) is 0 Å². The second kappa shape index (κ2) is 6.16. The fraction of sp³-hybridized carbons (Fsp3) is 0.538. The smallest absolute Gasteiger partial charge is 0.322 e. The molecule has 2 heterocycles. The lowest BCUT2D eigenvalue weighted by Gasteiger charge is -2.17. The number of aromatic nitrogens is 2. The summed E-state index contributed by atoms with van der Waals surface area (Å²) in [5, 5.41) is 5.22. The van der Waals surface area contributed by atoms with E-state index in [1.165, 1.54) is 7.11 Å². The van der Waals surface area contributed by atoms with Crippen molar-refractivity contribution in [2.75, 3.05) is 7.11 Å². The Bertz CT molecular complexity index is 518. The number of imidazole rings is 1. The second-order valence-electron chi connectivity index (χ2n) is 4.91. The highest BCUT2D eigenvalue weighted by atomic mass is 32.1. The molecule has 0 fully saturated rings. The second-order valence-corrected chi connectivity index (χ2v) is 5.78. The Morgan fingerprint density at radius 3 is 3.00 bits per heavy atom. The van der Waals surface area contributed by atoms with Crippen LogP contribution in [0.5, 0.6) is 0 Å². The molecule has 2 aromatic heterocycles. The first kappa shape index (κ1) is 14.0. The molecule has 104 valence electrons. The minimum Gasteiger partial charge on any atom is -0.468 e. The summed E-state index contributed by atoms with van der Waals surface area (Å²) in [5.74, 6) is 0.219. The maximum Gasteiger partial charge on any atom is 0.322 e. The van der Waals surface area contributed by atoms with Crippen molar-refractivity contribution >= 4 is 22.3 Å². The van der Waals surface area contributed by atoms with Crippen molar-refractivity contribution in [2.45, 2.75) is 32.9 Å². The summed E-state index contributed by atoms with van der Waals surface area (Å²) in [4.78, 5) is 17.1. The molecule has 0 aliphatic carbocycles. The highest BCUT2D eigenvalue weighted by Crippen LogP contribution is 2.12. The van der Waals surface area contributed by atoms with Gasteiger partial charge in [0.1, 0.15) is 6.04 Å². The van der Waals surface area contributed by atoms with Crippen molar-refractivity contribution in [3.8, 4) is 0 Å². The summed E-state index contributed by atoms with van der Waals surface area (Å²) in [5.41, 5.74) is 0.935. The molecule has 1 N–H and O–H groups in total. The van der Waals surface area contributed by atoms with Gasteiger partial charge in [0.2, 0.25) is 0 Å². The average Bonchev–Trinajstić information content (AvgIpc) is 2.93. The van der Waals surface area contributed by atoms with Gasteiger partial charge in [-0.05, 0) is 12.3 Å². The van der Waals surface area contributed by atoms with E-state index in [2.05, 4.69) is 24.1 Å². The lowest BCUT2D eigenvalue weighted by molar-refractivity contribution is -0.143. The zero-order chi connectivity index (χ0) is 13.8. The zero-order valence-electron chi connectivity index (χ0n) is 11.4. The SMILES string of the molecule is COC(=O)C(CC(C)C)NCc1cn2ccsc2n1. The van der Waals surface area contributed by atoms with Crippen LogP contribution in [-0.4, -0.2) is 28.5 Å². The number of rotatable bonds is 6. The van der Waals surface area contributed by atoms with Crippen LogP contribution < -0.4 is 5.32 Å². The molecule has 0 spiro atoms. The fourth-order valence-corrected chi connectivity index (χ4v) is 2.68. The molecule has 0 aliphatic rings. The number of esters is 1. The molecule has 0 saturated carbocycles. The molecular formula is C13H19N3O2S. The molecule has 0 radical (unpaired) electrons.